The lowest BCUT2D eigenvalue weighted by Crippen LogP contribution is -2.30. The van der Waals surface area contributed by atoms with Gasteiger partial charge in [0.1, 0.15) is 6.54 Å². The maximum Gasteiger partial charge on any atom is 0.246 e. The summed E-state index contributed by atoms with van der Waals surface area (Å²) in [5.74, 6) is 0.964. The van der Waals surface area contributed by atoms with Crippen molar-refractivity contribution in [3.05, 3.63) is 52.2 Å². The van der Waals surface area contributed by atoms with Gasteiger partial charge in [-0.1, -0.05) is 44.2 Å². The van der Waals surface area contributed by atoms with Crippen molar-refractivity contribution in [2.75, 3.05) is 7.05 Å². The van der Waals surface area contributed by atoms with E-state index >= 15 is 0 Å². The molecule has 0 atom stereocenters. The number of aromatic nitrogens is 4. The van der Waals surface area contributed by atoms with Gasteiger partial charge in [-0.3, -0.25) is 4.79 Å². The SMILES string of the molecule is CC(C)c1ccc(-c2nnn(CC(=O)N(C)Cc3cccs3)n2)cc1. The van der Waals surface area contributed by atoms with Crippen LogP contribution in [-0.2, 0) is 17.9 Å². The van der Waals surface area contributed by atoms with Crippen molar-refractivity contribution in [1.82, 2.24) is 25.1 Å². The number of thiophene rings is 1. The fourth-order valence-electron chi connectivity index (χ4n) is 2.41. The third-order valence-electron chi connectivity index (χ3n) is 3.96. The molecule has 25 heavy (non-hydrogen) atoms. The van der Waals surface area contributed by atoms with Crippen LogP contribution in [0.5, 0.6) is 0 Å². The molecule has 0 radical (unpaired) electrons. The zero-order valence-corrected chi connectivity index (χ0v) is 15.4. The molecule has 130 valence electrons. The van der Waals surface area contributed by atoms with Gasteiger partial charge in [0.25, 0.3) is 0 Å². The Bertz CT molecular complexity index is 824. The number of carbonyl (C=O) groups excluding carboxylic acids is 1. The molecule has 0 saturated heterocycles. The molecule has 7 heteroatoms. The van der Waals surface area contributed by atoms with Crippen LogP contribution in [0.2, 0.25) is 0 Å². The molecule has 6 nitrogen and oxygen atoms in total. The van der Waals surface area contributed by atoms with Crippen LogP contribution in [0, 0.1) is 0 Å². The van der Waals surface area contributed by atoms with Crippen LogP contribution < -0.4 is 0 Å². The zero-order chi connectivity index (χ0) is 17.8. The molecular weight excluding hydrogens is 334 g/mol. The van der Waals surface area contributed by atoms with Gasteiger partial charge in [0.05, 0.1) is 6.54 Å². The number of nitrogens with zero attached hydrogens (tertiary/aromatic N) is 5. The molecule has 0 spiro atoms. The Hall–Kier alpha value is -2.54. The molecule has 0 unspecified atom stereocenters. The molecular formula is C18H21N5OS. The molecule has 0 saturated carbocycles. The first-order valence-corrected chi connectivity index (χ1v) is 9.05. The van der Waals surface area contributed by atoms with Gasteiger partial charge >= 0.3 is 0 Å². The maximum atomic E-state index is 12.3. The Morgan fingerprint density at radius 2 is 2.00 bits per heavy atom. The number of tetrazole rings is 1. The summed E-state index contributed by atoms with van der Waals surface area (Å²) in [4.78, 5) is 16.5. The summed E-state index contributed by atoms with van der Waals surface area (Å²) in [7, 11) is 1.78. The first-order valence-electron chi connectivity index (χ1n) is 8.17. The van der Waals surface area contributed by atoms with E-state index in [4.69, 9.17) is 0 Å². The van der Waals surface area contributed by atoms with E-state index in [1.54, 1.807) is 23.3 Å². The van der Waals surface area contributed by atoms with Crippen LogP contribution in [0.1, 0.15) is 30.2 Å². The summed E-state index contributed by atoms with van der Waals surface area (Å²) in [6, 6.07) is 12.1. The van der Waals surface area contributed by atoms with E-state index in [9.17, 15) is 4.79 Å². The fourth-order valence-corrected chi connectivity index (χ4v) is 3.17. The minimum Gasteiger partial charge on any atom is -0.339 e. The van der Waals surface area contributed by atoms with Gasteiger partial charge in [0.15, 0.2) is 0 Å². The molecule has 2 aromatic heterocycles. The van der Waals surface area contributed by atoms with Gasteiger partial charge in [-0.25, -0.2) is 0 Å². The smallest absolute Gasteiger partial charge is 0.246 e. The number of benzene rings is 1. The van der Waals surface area contributed by atoms with Gasteiger partial charge in [0.2, 0.25) is 11.7 Å². The average Bonchev–Trinajstić information content (AvgIpc) is 3.27. The predicted molar refractivity (Wildman–Crippen MR) is 98.1 cm³/mol. The lowest BCUT2D eigenvalue weighted by Gasteiger charge is -2.15. The second-order valence-corrected chi connectivity index (χ2v) is 7.28. The first kappa shape index (κ1) is 17.3. The molecule has 1 aromatic carbocycles. The monoisotopic (exact) mass is 355 g/mol. The van der Waals surface area contributed by atoms with Crippen LogP contribution in [0.25, 0.3) is 11.4 Å². The highest BCUT2D eigenvalue weighted by molar-refractivity contribution is 7.09. The zero-order valence-electron chi connectivity index (χ0n) is 14.6. The van der Waals surface area contributed by atoms with E-state index in [0.29, 0.717) is 18.3 Å². The molecule has 0 aliphatic carbocycles. The second-order valence-electron chi connectivity index (χ2n) is 6.25. The summed E-state index contributed by atoms with van der Waals surface area (Å²) in [5, 5.41) is 14.4. The van der Waals surface area contributed by atoms with E-state index in [2.05, 4.69) is 41.4 Å². The molecule has 1 amide bonds. The minimum atomic E-state index is -0.0486. The Kier molecular flexibility index (Phi) is 5.23. The van der Waals surface area contributed by atoms with Gasteiger partial charge in [-0.15, -0.1) is 21.5 Å². The van der Waals surface area contributed by atoms with E-state index in [0.717, 1.165) is 10.4 Å². The Morgan fingerprint density at radius 3 is 2.64 bits per heavy atom. The standard InChI is InChI=1S/C18H21N5OS/c1-13(2)14-6-8-15(9-7-14)18-19-21-23(20-18)12-17(24)22(3)11-16-5-4-10-25-16/h4-10,13H,11-12H2,1-3H3. The van der Waals surface area contributed by atoms with Crippen molar-refractivity contribution in [3.63, 3.8) is 0 Å². The highest BCUT2D eigenvalue weighted by atomic mass is 32.1. The van der Waals surface area contributed by atoms with Crippen molar-refractivity contribution < 1.29 is 4.79 Å². The van der Waals surface area contributed by atoms with E-state index in [1.807, 2.05) is 29.6 Å². The molecule has 0 aliphatic rings. The summed E-state index contributed by atoms with van der Waals surface area (Å²) in [5.41, 5.74) is 2.16. The topological polar surface area (TPSA) is 63.9 Å². The number of likely N-dealkylation sites (N-methyl/N-ethyl adjacent to an activating group) is 1. The lowest BCUT2D eigenvalue weighted by atomic mass is 10.0. The molecule has 3 aromatic rings. The van der Waals surface area contributed by atoms with Gasteiger partial charge < -0.3 is 4.90 Å². The second kappa shape index (κ2) is 7.57. The van der Waals surface area contributed by atoms with Crippen LogP contribution in [0.15, 0.2) is 41.8 Å². The van der Waals surface area contributed by atoms with Crippen LogP contribution >= 0.6 is 11.3 Å². The van der Waals surface area contributed by atoms with Crippen LogP contribution in [0.3, 0.4) is 0 Å². The van der Waals surface area contributed by atoms with E-state index in [-0.39, 0.29) is 12.5 Å². The van der Waals surface area contributed by atoms with Crippen molar-refractivity contribution in [3.8, 4) is 11.4 Å². The maximum absolute atomic E-state index is 12.3. The highest BCUT2D eigenvalue weighted by Gasteiger charge is 2.14. The van der Waals surface area contributed by atoms with Crippen LogP contribution in [0.4, 0.5) is 0 Å². The number of rotatable bonds is 6. The summed E-state index contributed by atoms with van der Waals surface area (Å²) < 4.78 is 0. The summed E-state index contributed by atoms with van der Waals surface area (Å²) in [6.45, 7) is 4.98. The van der Waals surface area contributed by atoms with Gasteiger partial charge in [-0.2, -0.15) is 4.80 Å². The number of carbonyl (C=O) groups is 1. The van der Waals surface area contributed by atoms with E-state index in [1.165, 1.54) is 10.4 Å². The minimum absolute atomic E-state index is 0.0486. The highest BCUT2D eigenvalue weighted by Crippen LogP contribution is 2.19. The Balaban J connectivity index is 1.63. The third-order valence-corrected chi connectivity index (χ3v) is 4.83. The largest absolute Gasteiger partial charge is 0.339 e. The normalized spacial score (nSPS) is 11.0. The van der Waals surface area contributed by atoms with Gasteiger partial charge in [0, 0.05) is 17.5 Å². The lowest BCUT2D eigenvalue weighted by molar-refractivity contribution is -0.131. The number of amides is 1. The Labute approximate surface area is 151 Å². The quantitative estimate of drug-likeness (QED) is 0.681. The molecule has 0 aliphatic heterocycles. The van der Waals surface area contributed by atoms with Gasteiger partial charge in [-0.05, 0) is 28.1 Å². The van der Waals surface area contributed by atoms with Crippen molar-refractivity contribution >= 4 is 17.2 Å². The average molecular weight is 355 g/mol. The van der Waals surface area contributed by atoms with Crippen molar-refractivity contribution in [2.45, 2.75) is 32.9 Å². The molecule has 0 bridgehead atoms. The fraction of sp³-hybridized carbons (Fsp3) is 0.333. The predicted octanol–water partition coefficient (Wildman–Crippen LogP) is 3.18. The summed E-state index contributed by atoms with van der Waals surface area (Å²) in [6.07, 6.45) is 0. The molecule has 3 rings (SSSR count). The molecule has 0 N–H and O–H groups in total. The van der Waals surface area contributed by atoms with E-state index < -0.39 is 0 Å². The summed E-state index contributed by atoms with van der Waals surface area (Å²) >= 11 is 1.64. The first-order chi connectivity index (χ1) is 12.0. The van der Waals surface area contributed by atoms with Crippen molar-refractivity contribution in [2.24, 2.45) is 0 Å². The third kappa shape index (κ3) is 4.30. The number of hydrogen-bond acceptors (Lipinski definition) is 5. The molecule has 2 heterocycles. The number of hydrogen-bond donors (Lipinski definition) is 0. The molecule has 0 fully saturated rings. The van der Waals surface area contributed by atoms with Crippen molar-refractivity contribution in [1.29, 1.82) is 0 Å². The Morgan fingerprint density at radius 1 is 1.24 bits per heavy atom. The van der Waals surface area contributed by atoms with Crippen LogP contribution in [-0.4, -0.2) is 38.1 Å².